The number of carbonyl (C=O) groups excluding carboxylic acids is 2. The average Bonchev–Trinajstić information content (AvgIpc) is 2.96. The van der Waals surface area contributed by atoms with E-state index in [0.29, 0.717) is 13.0 Å². The van der Waals surface area contributed by atoms with E-state index in [4.69, 9.17) is 21.1 Å². The van der Waals surface area contributed by atoms with E-state index in [1.54, 1.807) is 41.5 Å². The number of unbranched alkanes of at least 4 members (excludes halogenated alkanes) is 1. The molecule has 0 saturated carbocycles. The van der Waals surface area contributed by atoms with E-state index in [2.05, 4.69) is 15.0 Å². The van der Waals surface area contributed by atoms with Crippen LogP contribution in [0.4, 0.5) is 15.5 Å². The lowest BCUT2D eigenvalue weighted by atomic mass is 10.2. The Hall–Kier alpha value is -2.42. The first-order valence-corrected chi connectivity index (χ1v) is 9.84. The highest BCUT2D eigenvalue weighted by atomic mass is 35.5. The first-order valence-electron chi connectivity index (χ1n) is 9.47. The number of anilines is 1. The van der Waals surface area contributed by atoms with Crippen LogP contribution in [0, 0.1) is 0 Å². The summed E-state index contributed by atoms with van der Waals surface area (Å²) in [4.78, 5) is 39.2. The van der Waals surface area contributed by atoms with Crippen LogP contribution in [0.2, 0.25) is 5.15 Å². The Labute approximate surface area is 175 Å². The van der Waals surface area contributed by atoms with Crippen molar-refractivity contribution in [2.45, 2.75) is 72.5 Å². The molecule has 2 aromatic heterocycles. The fourth-order valence-corrected chi connectivity index (χ4v) is 2.54. The van der Waals surface area contributed by atoms with Gasteiger partial charge in [0, 0.05) is 6.54 Å². The fourth-order valence-electron chi connectivity index (χ4n) is 2.33. The average molecular weight is 426 g/mol. The van der Waals surface area contributed by atoms with E-state index in [1.807, 2.05) is 6.92 Å². The molecule has 0 spiro atoms. The maximum atomic E-state index is 12.7. The van der Waals surface area contributed by atoms with Crippen molar-refractivity contribution in [2.24, 2.45) is 0 Å². The van der Waals surface area contributed by atoms with Crippen LogP contribution in [0.25, 0.3) is 11.2 Å². The Morgan fingerprint density at radius 2 is 1.72 bits per heavy atom. The first kappa shape index (κ1) is 22.9. The molecule has 0 fully saturated rings. The van der Waals surface area contributed by atoms with Crippen LogP contribution >= 0.6 is 11.6 Å². The number of ether oxygens (including phenoxy) is 2. The summed E-state index contributed by atoms with van der Waals surface area (Å²) in [5.74, 6) is 0.0375. The Kier molecular flexibility index (Phi) is 6.72. The van der Waals surface area contributed by atoms with Crippen molar-refractivity contribution < 1.29 is 19.1 Å². The predicted molar refractivity (Wildman–Crippen MR) is 110 cm³/mol. The Bertz CT molecular complexity index is 898. The van der Waals surface area contributed by atoms with Crippen molar-refractivity contribution in [1.29, 1.82) is 0 Å². The third-order valence-electron chi connectivity index (χ3n) is 3.52. The molecular weight excluding hydrogens is 398 g/mol. The number of imidazole rings is 1. The second-order valence-corrected chi connectivity index (χ2v) is 8.93. The quantitative estimate of drug-likeness (QED) is 0.648. The van der Waals surface area contributed by atoms with Gasteiger partial charge >= 0.3 is 12.2 Å². The van der Waals surface area contributed by atoms with Crippen LogP contribution in [0.1, 0.15) is 61.3 Å². The fraction of sp³-hybridized carbons (Fsp3) is 0.632. The summed E-state index contributed by atoms with van der Waals surface area (Å²) in [6.45, 7) is 12.9. The smallest absolute Gasteiger partial charge is 0.421 e. The Morgan fingerprint density at radius 1 is 1.10 bits per heavy atom. The van der Waals surface area contributed by atoms with Gasteiger partial charge in [-0.3, -0.25) is 0 Å². The number of nitrogens with zero attached hydrogens (tertiary/aromatic N) is 5. The minimum Gasteiger partial charge on any atom is -0.443 e. The van der Waals surface area contributed by atoms with Crippen LogP contribution in [0.3, 0.4) is 0 Å². The second kappa shape index (κ2) is 8.52. The zero-order chi connectivity index (χ0) is 22.0. The predicted octanol–water partition coefficient (Wildman–Crippen LogP) is 4.80. The summed E-state index contributed by atoms with van der Waals surface area (Å²) < 4.78 is 12.0. The van der Waals surface area contributed by atoms with Gasteiger partial charge in [-0.15, -0.1) is 0 Å². The summed E-state index contributed by atoms with van der Waals surface area (Å²) >= 11 is 6.27. The van der Waals surface area contributed by atoms with Crippen LogP contribution in [-0.2, 0) is 9.47 Å². The number of fused-ring (bicyclic) bond motifs is 1. The Balaban J connectivity index is 2.50. The molecule has 1 amide bonds. The van der Waals surface area contributed by atoms with Crippen LogP contribution in [0.5, 0.6) is 0 Å². The summed E-state index contributed by atoms with van der Waals surface area (Å²) in [5, 5.41) is 0.0253. The van der Waals surface area contributed by atoms with Gasteiger partial charge in [0.1, 0.15) is 23.0 Å². The van der Waals surface area contributed by atoms with Gasteiger partial charge in [-0.1, -0.05) is 24.9 Å². The van der Waals surface area contributed by atoms with E-state index >= 15 is 0 Å². The lowest BCUT2D eigenvalue weighted by Gasteiger charge is -2.26. The normalized spacial score (nSPS) is 12.1. The summed E-state index contributed by atoms with van der Waals surface area (Å²) in [6, 6.07) is 0. The lowest BCUT2D eigenvalue weighted by Crippen LogP contribution is -2.38. The van der Waals surface area contributed by atoms with Gasteiger partial charge in [-0.05, 0) is 48.0 Å². The minimum absolute atomic E-state index is 0.0253. The van der Waals surface area contributed by atoms with Crippen molar-refractivity contribution in [3.8, 4) is 0 Å². The van der Waals surface area contributed by atoms with Gasteiger partial charge in [0.15, 0.2) is 10.8 Å². The molecule has 0 unspecified atom stereocenters. The Morgan fingerprint density at radius 3 is 2.28 bits per heavy atom. The molecule has 0 N–H and O–H groups in total. The molecule has 0 radical (unpaired) electrons. The molecule has 0 aliphatic rings. The molecule has 9 nitrogen and oxygen atoms in total. The highest BCUT2D eigenvalue weighted by molar-refractivity contribution is 6.33. The summed E-state index contributed by atoms with van der Waals surface area (Å²) in [6.07, 6.45) is 1.59. The van der Waals surface area contributed by atoms with Crippen molar-refractivity contribution in [2.75, 3.05) is 11.4 Å². The van der Waals surface area contributed by atoms with E-state index in [-0.39, 0.29) is 22.3 Å². The van der Waals surface area contributed by atoms with Crippen LogP contribution < -0.4 is 4.90 Å². The monoisotopic (exact) mass is 425 g/mol. The maximum absolute atomic E-state index is 12.7. The molecule has 2 heterocycles. The molecule has 2 aromatic rings. The van der Waals surface area contributed by atoms with E-state index in [0.717, 1.165) is 11.0 Å². The number of amides is 1. The molecule has 160 valence electrons. The molecule has 10 heteroatoms. The van der Waals surface area contributed by atoms with Gasteiger partial charge in [-0.25, -0.2) is 24.0 Å². The number of rotatable bonds is 4. The van der Waals surface area contributed by atoms with Gasteiger partial charge in [0.25, 0.3) is 0 Å². The first-order chi connectivity index (χ1) is 13.3. The largest absolute Gasteiger partial charge is 0.443 e. The topological polar surface area (TPSA) is 99.4 Å². The molecule has 0 atom stereocenters. The highest BCUT2D eigenvalue weighted by Gasteiger charge is 2.28. The van der Waals surface area contributed by atoms with E-state index in [9.17, 15) is 9.59 Å². The number of carbonyl (C=O) groups is 2. The number of hydrogen-bond donors (Lipinski definition) is 0. The van der Waals surface area contributed by atoms with Crippen molar-refractivity contribution >= 4 is 40.9 Å². The highest BCUT2D eigenvalue weighted by Crippen LogP contribution is 2.24. The lowest BCUT2D eigenvalue weighted by molar-refractivity contribution is 0.0541. The summed E-state index contributed by atoms with van der Waals surface area (Å²) in [5.41, 5.74) is -0.995. The molecule has 0 saturated heterocycles. The zero-order valence-corrected chi connectivity index (χ0v) is 18.7. The maximum Gasteiger partial charge on any atom is 0.421 e. The number of hydrogen-bond acceptors (Lipinski definition) is 7. The molecule has 0 aliphatic heterocycles. The van der Waals surface area contributed by atoms with E-state index in [1.165, 1.54) is 11.2 Å². The number of halogens is 1. The number of aromatic nitrogens is 4. The van der Waals surface area contributed by atoms with Crippen LogP contribution in [0.15, 0.2) is 6.33 Å². The van der Waals surface area contributed by atoms with Gasteiger partial charge in [0.2, 0.25) is 5.95 Å². The van der Waals surface area contributed by atoms with E-state index < -0.39 is 23.4 Å². The molecule has 29 heavy (non-hydrogen) atoms. The molecule has 0 aromatic carbocycles. The van der Waals surface area contributed by atoms with Crippen molar-refractivity contribution in [3.63, 3.8) is 0 Å². The zero-order valence-electron chi connectivity index (χ0n) is 17.9. The van der Waals surface area contributed by atoms with Gasteiger partial charge in [0.05, 0.1) is 0 Å². The second-order valence-electron chi connectivity index (χ2n) is 8.57. The van der Waals surface area contributed by atoms with Gasteiger partial charge in [-0.2, -0.15) is 9.97 Å². The minimum atomic E-state index is -0.697. The van der Waals surface area contributed by atoms with Gasteiger partial charge < -0.3 is 9.47 Å². The molecular formula is C19H28ClN5O4. The third kappa shape index (κ3) is 6.03. The standard InChI is InChI=1S/C19H28ClN5O4/c1-8-9-10-24(16(26)28-18(2,3)4)15-22-13(20)12-14(23-15)25(11-21-12)17(27)29-19(5,6)7/h11H,8-10H2,1-7H3. The molecule has 0 aliphatic carbocycles. The SMILES string of the molecule is CCCCN(C(=O)OC(C)(C)C)c1nc(Cl)c2ncn(C(=O)OC(C)(C)C)c2n1. The third-order valence-corrected chi connectivity index (χ3v) is 3.79. The van der Waals surface area contributed by atoms with Crippen molar-refractivity contribution in [1.82, 2.24) is 19.5 Å². The van der Waals surface area contributed by atoms with Crippen molar-refractivity contribution in [3.05, 3.63) is 11.5 Å². The van der Waals surface area contributed by atoms with Crippen LogP contribution in [-0.4, -0.2) is 49.5 Å². The summed E-state index contributed by atoms with van der Waals surface area (Å²) in [7, 11) is 0. The molecule has 0 bridgehead atoms. The molecule has 2 rings (SSSR count).